The number of piperidine rings is 1. The molecule has 0 radical (unpaired) electrons. The molecule has 2 heterocycles. The first-order valence-corrected chi connectivity index (χ1v) is 11.5. The number of benzene rings is 2. The number of ether oxygens (including phenoxy) is 1. The van der Waals surface area contributed by atoms with E-state index in [1.807, 2.05) is 35.2 Å². The molecule has 7 heteroatoms. The number of carbonyl (C=O) groups excluding carboxylic acids is 3. The summed E-state index contributed by atoms with van der Waals surface area (Å²) in [6.07, 6.45) is 2.35. The molecule has 0 bridgehead atoms. The molecule has 33 heavy (non-hydrogen) atoms. The van der Waals surface area contributed by atoms with Crippen LogP contribution in [0.15, 0.2) is 54.6 Å². The normalized spacial score (nSPS) is 21.7. The molecule has 2 N–H and O–H groups in total. The minimum atomic E-state index is -0.655. The topological polar surface area (TPSA) is 92.9 Å². The molecule has 0 spiro atoms. The largest absolute Gasteiger partial charge is 0.497 e. The Bertz CT molecular complexity index is 992. The summed E-state index contributed by atoms with van der Waals surface area (Å²) in [5.74, 6) is 0.660. The molecule has 4 rings (SSSR count). The molecule has 2 aliphatic heterocycles. The summed E-state index contributed by atoms with van der Waals surface area (Å²) in [6, 6.07) is 16.1. The fourth-order valence-corrected chi connectivity index (χ4v) is 5.08. The van der Waals surface area contributed by atoms with E-state index in [0.717, 1.165) is 18.4 Å². The summed E-state index contributed by atoms with van der Waals surface area (Å²) in [6.45, 7) is 1.73. The molecule has 174 valence electrons. The summed E-state index contributed by atoms with van der Waals surface area (Å²) in [5, 5.41) is 0. The second-order valence-corrected chi connectivity index (χ2v) is 8.98. The molecule has 2 saturated heterocycles. The molecular weight excluding hydrogens is 418 g/mol. The summed E-state index contributed by atoms with van der Waals surface area (Å²) >= 11 is 0. The molecule has 0 aromatic heterocycles. The molecule has 3 atom stereocenters. The Morgan fingerprint density at radius 2 is 1.73 bits per heavy atom. The molecule has 0 aliphatic carbocycles. The molecule has 0 unspecified atom stereocenters. The van der Waals surface area contributed by atoms with Crippen molar-refractivity contribution in [1.29, 1.82) is 0 Å². The maximum absolute atomic E-state index is 13.1. The SMILES string of the molecule is COc1ccc(C(=O)N2CC[C@@H]3CC(=O)N([C@@H](Cc4ccccc4)C(N)=O)CC[C@H]3C2)cc1. The van der Waals surface area contributed by atoms with E-state index in [0.29, 0.717) is 43.8 Å². The van der Waals surface area contributed by atoms with Crippen LogP contribution in [0.25, 0.3) is 0 Å². The molecular formula is C26H31N3O4. The van der Waals surface area contributed by atoms with Gasteiger partial charge in [0.2, 0.25) is 11.8 Å². The molecule has 0 saturated carbocycles. The number of carbonyl (C=O) groups is 3. The van der Waals surface area contributed by atoms with Gasteiger partial charge in [-0.15, -0.1) is 0 Å². The standard InChI is InChI=1S/C26H31N3O4/c1-33-22-9-7-19(8-10-22)26(32)28-13-11-20-16-24(30)29(14-12-21(20)17-28)23(25(27)31)15-18-5-3-2-4-6-18/h2-10,20-21,23H,11-17H2,1H3,(H2,27,31)/t20-,21+,23+/m1/s1. The first-order chi connectivity index (χ1) is 16.0. The summed E-state index contributed by atoms with van der Waals surface area (Å²) in [5.41, 5.74) is 7.34. The minimum Gasteiger partial charge on any atom is -0.497 e. The minimum absolute atomic E-state index is 0.00243. The lowest BCUT2D eigenvalue weighted by Crippen LogP contribution is -2.49. The average molecular weight is 450 g/mol. The Morgan fingerprint density at radius 1 is 1.03 bits per heavy atom. The molecule has 2 aromatic carbocycles. The van der Waals surface area contributed by atoms with Crippen LogP contribution in [0.3, 0.4) is 0 Å². The number of rotatable bonds is 6. The second kappa shape index (κ2) is 10.1. The smallest absolute Gasteiger partial charge is 0.253 e. The van der Waals surface area contributed by atoms with Crippen molar-refractivity contribution in [1.82, 2.24) is 9.80 Å². The first-order valence-electron chi connectivity index (χ1n) is 11.5. The predicted octanol–water partition coefficient (Wildman–Crippen LogP) is 2.49. The predicted molar refractivity (Wildman–Crippen MR) is 125 cm³/mol. The quantitative estimate of drug-likeness (QED) is 0.733. The Kier molecular flexibility index (Phi) is 6.96. The number of fused-ring (bicyclic) bond motifs is 1. The van der Waals surface area contributed by atoms with Crippen molar-refractivity contribution in [3.05, 3.63) is 65.7 Å². The van der Waals surface area contributed by atoms with E-state index in [2.05, 4.69) is 0 Å². The van der Waals surface area contributed by atoms with Crippen molar-refractivity contribution in [3.8, 4) is 5.75 Å². The molecule has 7 nitrogen and oxygen atoms in total. The fraction of sp³-hybridized carbons (Fsp3) is 0.423. The maximum Gasteiger partial charge on any atom is 0.253 e. The van der Waals surface area contributed by atoms with Gasteiger partial charge in [0.05, 0.1) is 7.11 Å². The van der Waals surface area contributed by atoms with Gasteiger partial charge in [-0.3, -0.25) is 14.4 Å². The van der Waals surface area contributed by atoms with Crippen LogP contribution in [0.4, 0.5) is 0 Å². The zero-order chi connectivity index (χ0) is 23.4. The number of hydrogen-bond donors (Lipinski definition) is 1. The number of amides is 3. The maximum atomic E-state index is 13.1. The number of likely N-dealkylation sites (tertiary alicyclic amines) is 2. The lowest BCUT2D eigenvalue weighted by atomic mass is 9.82. The van der Waals surface area contributed by atoms with Crippen LogP contribution in [0.5, 0.6) is 5.75 Å². The highest BCUT2D eigenvalue weighted by atomic mass is 16.5. The monoisotopic (exact) mass is 449 g/mol. The van der Waals surface area contributed by atoms with Gasteiger partial charge in [-0.2, -0.15) is 0 Å². The van der Waals surface area contributed by atoms with Gasteiger partial charge in [0.25, 0.3) is 5.91 Å². The first kappa shape index (κ1) is 22.8. The van der Waals surface area contributed by atoms with Gasteiger partial charge in [-0.25, -0.2) is 0 Å². The highest BCUT2D eigenvalue weighted by Gasteiger charge is 2.39. The third-order valence-electron chi connectivity index (χ3n) is 6.99. The molecule has 2 aromatic rings. The Balaban J connectivity index is 1.44. The lowest BCUT2D eigenvalue weighted by Gasteiger charge is -2.37. The van der Waals surface area contributed by atoms with E-state index in [1.54, 1.807) is 36.3 Å². The second-order valence-electron chi connectivity index (χ2n) is 8.98. The number of methoxy groups -OCH3 is 1. The van der Waals surface area contributed by atoms with Crippen molar-refractivity contribution >= 4 is 17.7 Å². The summed E-state index contributed by atoms with van der Waals surface area (Å²) in [7, 11) is 1.60. The van der Waals surface area contributed by atoms with E-state index in [1.165, 1.54) is 0 Å². The van der Waals surface area contributed by atoms with Crippen molar-refractivity contribution in [3.63, 3.8) is 0 Å². The summed E-state index contributed by atoms with van der Waals surface area (Å²) < 4.78 is 5.18. The number of nitrogens with zero attached hydrogens (tertiary/aromatic N) is 2. The fourth-order valence-electron chi connectivity index (χ4n) is 5.08. The van der Waals surface area contributed by atoms with Crippen molar-refractivity contribution in [2.75, 3.05) is 26.7 Å². The van der Waals surface area contributed by atoms with Gasteiger partial charge in [0.15, 0.2) is 0 Å². The van der Waals surface area contributed by atoms with Crippen LogP contribution in [0.2, 0.25) is 0 Å². The molecule has 3 amide bonds. The molecule has 2 aliphatic rings. The average Bonchev–Trinajstić information content (AvgIpc) is 3.00. The van der Waals surface area contributed by atoms with Crippen LogP contribution in [-0.4, -0.2) is 60.3 Å². The highest BCUT2D eigenvalue weighted by molar-refractivity contribution is 5.94. The Labute approximate surface area is 194 Å². The molecule has 2 fully saturated rings. The third kappa shape index (κ3) is 5.18. The number of nitrogens with two attached hydrogens (primary N) is 1. The van der Waals surface area contributed by atoms with Crippen molar-refractivity contribution in [2.45, 2.75) is 31.7 Å². The van der Waals surface area contributed by atoms with Gasteiger partial charge in [-0.05, 0) is 54.5 Å². The van der Waals surface area contributed by atoms with E-state index in [-0.39, 0.29) is 23.7 Å². The van der Waals surface area contributed by atoms with Crippen molar-refractivity contribution < 1.29 is 19.1 Å². The highest BCUT2D eigenvalue weighted by Crippen LogP contribution is 2.34. The van der Waals surface area contributed by atoms with Crippen LogP contribution < -0.4 is 10.5 Å². The lowest BCUT2D eigenvalue weighted by molar-refractivity contribution is -0.139. The van der Waals surface area contributed by atoms with Gasteiger partial charge in [0, 0.05) is 38.0 Å². The summed E-state index contributed by atoms with van der Waals surface area (Å²) in [4.78, 5) is 42.0. The van der Waals surface area contributed by atoms with Gasteiger partial charge < -0.3 is 20.3 Å². The zero-order valence-corrected chi connectivity index (χ0v) is 19.0. The van der Waals surface area contributed by atoms with Crippen LogP contribution >= 0.6 is 0 Å². The number of hydrogen-bond acceptors (Lipinski definition) is 4. The van der Waals surface area contributed by atoms with E-state index >= 15 is 0 Å². The van der Waals surface area contributed by atoms with E-state index in [4.69, 9.17) is 10.5 Å². The van der Waals surface area contributed by atoms with Crippen LogP contribution in [-0.2, 0) is 16.0 Å². The van der Waals surface area contributed by atoms with Crippen LogP contribution in [0.1, 0.15) is 35.2 Å². The van der Waals surface area contributed by atoms with Gasteiger partial charge >= 0.3 is 0 Å². The third-order valence-corrected chi connectivity index (χ3v) is 6.99. The number of primary amides is 1. The Hall–Kier alpha value is -3.35. The van der Waals surface area contributed by atoms with E-state index < -0.39 is 11.9 Å². The van der Waals surface area contributed by atoms with Crippen molar-refractivity contribution in [2.24, 2.45) is 17.6 Å². The van der Waals surface area contributed by atoms with Gasteiger partial charge in [0.1, 0.15) is 11.8 Å². The van der Waals surface area contributed by atoms with E-state index in [9.17, 15) is 14.4 Å². The van der Waals surface area contributed by atoms with Crippen LogP contribution in [0, 0.1) is 11.8 Å². The Morgan fingerprint density at radius 3 is 2.39 bits per heavy atom. The van der Waals surface area contributed by atoms with Gasteiger partial charge in [-0.1, -0.05) is 30.3 Å². The zero-order valence-electron chi connectivity index (χ0n) is 19.0.